The number of anilines is 2. The van der Waals surface area contributed by atoms with Crippen LogP contribution in [0.4, 0.5) is 11.4 Å². The van der Waals surface area contributed by atoms with Crippen molar-refractivity contribution in [1.82, 2.24) is 0 Å². The first-order valence-electron chi connectivity index (χ1n) is 9.40. The third-order valence-corrected chi connectivity index (χ3v) is 5.42. The Morgan fingerprint density at radius 2 is 1.55 bits per heavy atom. The Hall–Kier alpha value is -2.60. The van der Waals surface area contributed by atoms with E-state index in [1.165, 1.54) is 0 Å². The summed E-state index contributed by atoms with van der Waals surface area (Å²) in [4.78, 5) is 12.2. The maximum atomic E-state index is 12.2. The Bertz CT molecular complexity index is 1050. The zero-order valence-corrected chi connectivity index (χ0v) is 19.2. The minimum absolute atomic E-state index is 0.242. The van der Waals surface area contributed by atoms with E-state index in [2.05, 4.69) is 10.6 Å². The van der Waals surface area contributed by atoms with E-state index in [1.807, 2.05) is 37.3 Å². The molecular weight excluding hydrogens is 459 g/mol. The Morgan fingerprint density at radius 3 is 2.16 bits per heavy atom. The number of ether oxygens (including phenoxy) is 2. The van der Waals surface area contributed by atoms with Gasteiger partial charge in [-0.15, -0.1) is 0 Å². The van der Waals surface area contributed by atoms with Gasteiger partial charge >= 0.3 is 0 Å². The highest BCUT2D eigenvalue weighted by atomic mass is 35.5. The molecule has 162 valence electrons. The molecule has 0 fully saturated rings. The van der Waals surface area contributed by atoms with Crippen LogP contribution in [0.1, 0.15) is 11.1 Å². The SMILES string of the molecule is COc1ccc(NCc2cc(Cl)c(OCC(=O)Nc3ccc(C)c(Cl)c3)c(Cl)c2)cc1. The maximum Gasteiger partial charge on any atom is 0.262 e. The quantitative estimate of drug-likeness (QED) is 0.382. The number of carbonyl (C=O) groups is 1. The van der Waals surface area contributed by atoms with Crippen molar-refractivity contribution in [1.29, 1.82) is 0 Å². The second-order valence-corrected chi connectivity index (χ2v) is 7.99. The molecular formula is C23H21Cl3N2O3. The zero-order chi connectivity index (χ0) is 22.4. The van der Waals surface area contributed by atoms with E-state index in [-0.39, 0.29) is 18.3 Å². The molecule has 0 aliphatic rings. The van der Waals surface area contributed by atoms with Crippen LogP contribution in [-0.2, 0) is 11.3 Å². The second kappa shape index (κ2) is 10.6. The van der Waals surface area contributed by atoms with Gasteiger partial charge in [-0.3, -0.25) is 4.79 Å². The van der Waals surface area contributed by atoms with Crippen LogP contribution in [0.2, 0.25) is 15.1 Å². The van der Waals surface area contributed by atoms with Gasteiger partial charge in [0.1, 0.15) is 5.75 Å². The standard InChI is InChI=1S/C23H21Cl3N2O3/c1-14-3-4-17(11-19(14)24)28-22(29)13-31-23-20(25)9-15(10-21(23)26)12-27-16-5-7-18(30-2)8-6-16/h3-11,27H,12-13H2,1-2H3,(H,28,29). The van der Waals surface area contributed by atoms with Gasteiger partial charge in [-0.05, 0) is 66.6 Å². The van der Waals surface area contributed by atoms with Crippen molar-refractivity contribution >= 4 is 52.1 Å². The fraction of sp³-hybridized carbons (Fsp3) is 0.174. The van der Waals surface area contributed by atoms with E-state index >= 15 is 0 Å². The summed E-state index contributed by atoms with van der Waals surface area (Å²) in [5.74, 6) is 0.693. The van der Waals surface area contributed by atoms with Gasteiger partial charge in [-0.2, -0.15) is 0 Å². The summed E-state index contributed by atoms with van der Waals surface area (Å²) >= 11 is 18.7. The van der Waals surface area contributed by atoms with E-state index in [9.17, 15) is 4.79 Å². The van der Waals surface area contributed by atoms with Gasteiger partial charge in [0.15, 0.2) is 12.4 Å². The van der Waals surface area contributed by atoms with Crippen molar-refractivity contribution < 1.29 is 14.3 Å². The topological polar surface area (TPSA) is 59.6 Å². The predicted molar refractivity (Wildman–Crippen MR) is 127 cm³/mol. The summed E-state index contributed by atoms with van der Waals surface area (Å²) in [5, 5.41) is 7.23. The summed E-state index contributed by atoms with van der Waals surface area (Å²) in [7, 11) is 1.62. The molecule has 31 heavy (non-hydrogen) atoms. The van der Waals surface area contributed by atoms with E-state index < -0.39 is 0 Å². The van der Waals surface area contributed by atoms with Gasteiger partial charge in [0.2, 0.25) is 0 Å². The number of aryl methyl sites for hydroxylation is 1. The number of amides is 1. The lowest BCUT2D eigenvalue weighted by molar-refractivity contribution is -0.118. The molecule has 0 saturated heterocycles. The van der Waals surface area contributed by atoms with Crippen LogP contribution in [-0.4, -0.2) is 19.6 Å². The molecule has 0 aliphatic carbocycles. The molecule has 0 bridgehead atoms. The van der Waals surface area contributed by atoms with Crippen LogP contribution in [0.5, 0.6) is 11.5 Å². The van der Waals surface area contributed by atoms with Crippen molar-refractivity contribution in [2.45, 2.75) is 13.5 Å². The largest absolute Gasteiger partial charge is 0.497 e. The maximum absolute atomic E-state index is 12.2. The minimum atomic E-state index is -0.350. The smallest absolute Gasteiger partial charge is 0.262 e. The summed E-state index contributed by atoms with van der Waals surface area (Å²) in [6.07, 6.45) is 0. The highest BCUT2D eigenvalue weighted by Crippen LogP contribution is 2.34. The zero-order valence-electron chi connectivity index (χ0n) is 17.0. The fourth-order valence-electron chi connectivity index (χ4n) is 2.77. The first-order chi connectivity index (χ1) is 14.9. The minimum Gasteiger partial charge on any atom is -0.497 e. The van der Waals surface area contributed by atoms with Gasteiger partial charge in [-0.25, -0.2) is 0 Å². The molecule has 3 rings (SSSR count). The van der Waals surface area contributed by atoms with Crippen molar-refractivity contribution in [3.05, 3.63) is 80.8 Å². The van der Waals surface area contributed by atoms with E-state index in [0.717, 1.165) is 22.6 Å². The second-order valence-electron chi connectivity index (χ2n) is 6.77. The van der Waals surface area contributed by atoms with E-state index in [0.29, 0.717) is 27.3 Å². The molecule has 0 atom stereocenters. The molecule has 8 heteroatoms. The van der Waals surface area contributed by atoms with Crippen LogP contribution < -0.4 is 20.1 Å². The van der Waals surface area contributed by atoms with E-state index in [1.54, 1.807) is 31.4 Å². The first kappa shape index (κ1) is 23.1. The Kier molecular flexibility index (Phi) is 7.91. The van der Waals surface area contributed by atoms with Gasteiger partial charge in [0, 0.05) is 22.9 Å². The van der Waals surface area contributed by atoms with Gasteiger partial charge in [0.25, 0.3) is 5.91 Å². The number of hydrogen-bond donors (Lipinski definition) is 2. The highest BCUT2D eigenvalue weighted by molar-refractivity contribution is 6.37. The van der Waals surface area contributed by atoms with Gasteiger partial charge < -0.3 is 20.1 Å². The normalized spacial score (nSPS) is 10.5. The highest BCUT2D eigenvalue weighted by Gasteiger charge is 2.13. The number of halogens is 3. The number of benzene rings is 3. The summed E-state index contributed by atoms with van der Waals surface area (Å²) in [5.41, 5.74) is 3.32. The average molecular weight is 480 g/mol. The molecule has 0 aliphatic heterocycles. The van der Waals surface area contributed by atoms with Crippen LogP contribution in [0, 0.1) is 6.92 Å². The van der Waals surface area contributed by atoms with E-state index in [4.69, 9.17) is 44.3 Å². The van der Waals surface area contributed by atoms with Crippen molar-refractivity contribution in [3.8, 4) is 11.5 Å². The molecule has 0 spiro atoms. The molecule has 0 saturated carbocycles. The third kappa shape index (κ3) is 6.44. The molecule has 0 heterocycles. The van der Waals surface area contributed by atoms with Crippen molar-refractivity contribution in [2.24, 2.45) is 0 Å². The number of methoxy groups -OCH3 is 1. The Balaban J connectivity index is 1.57. The number of carbonyl (C=O) groups excluding carboxylic acids is 1. The van der Waals surface area contributed by atoms with Gasteiger partial charge in [-0.1, -0.05) is 40.9 Å². The Morgan fingerprint density at radius 1 is 0.903 bits per heavy atom. The van der Waals surface area contributed by atoms with Crippen LogP contribution in [0.15, 0.2) is 54.6 Å². The molecule has 3 aromatic carbocycles. The first-order valence-corrected chi connectivity index (χ1v) is 10.5. The number of nitrogens with one attached hydrogen (secondary N) is 2. The molecule has 5 nitrogen and oxygen atoms in total. The molecule has 2 N–H and O–H groups in total. The molecule has 0 aromatic heterocycles. The fourth-order valence-corrected chi connectivity index (χ4v) is 3.59. The van der Waals surface area contributed by atoms with Crippen LogP contribution >= 0.6 is 34.8 Å². The average Bonchev–Trinajstić information content (AvgIpc) is 2.74. The summed E-state index contributed by atoms with van der Waals surface area (Å²) in [6.45, 7) is 2.16. The lowest BCUT2D eigenvalue weighted by atomic mass is 10.2. The predicted octanol–water partition coefficient (Wildman–Crippen LogP) is 6.59. The van der Waals surface area contributed by atoms with Crippen LogP contribution in [0.25, 0.3) is 0 Å². The summed E-state index contributed by atoms with van der Waals surface area (Å²) < 4.78 is 10.7. The lowest BCUT2D eigenvalue weighted by Crippen LogP contribution is -2.20. The third-order valence-electron chi connectivity index (χ3n) is 4.45. The number of rotatable bonds is 8. The molecule has 1 amide bonds. The summed E-state index contributed by atoms with van der Waals surface area (Å²) in [6, 6.07) is 16.3. The molecule has 0 unspecified atom stereocenters. The monoisotopic (exact) mass is 478 g/mol. The van der Waals surface area contributed by atoms with Gasteiger partial charge in [0.05, 0.1) is 17.2 Å². The van der Waals surface area contributed by atoms with Crippen LogP contribution in [0.3, 0.4) is 0 Å². The van der Waals surface area contributed by atoms with Crippen molar-refractivity contribution in [3.63, 3.8) is 0 Å². The van der Waals surface area contributed by atoms with Crippen molar-refractivity contribution in [2.75, 3.05) is 24.4 Å². The lowest BCUT2D eigenvalue weighted by Gasteiger charge is -2.13. The number of hydrogen-bond acceptors (Lipinski definition) is 4. The molecule has 3 aromatic rings. The molecule has 0 radical (unpaired) electrons. The Labute approximate surface area is 196 Å².